The van der Waals surface area contributed by atoms with E-state index in [2.05, 4.69) is 10.4 Å². The Hall–Kier alpha value is -3.74. The van der Waals surface area contributed by atoms with Gasteiger partial charge in [-0.2, -0.15) is 5.10 Å². The molecular weight excluding hydrogens is 378 g/mol. The molecule has 3 aromatic heterocycles. The Balaban J connectivity index is 1.50. The second kappa shape index (κ2) is 7.26. The largest absolute Gasteiger partial charge is 0.308 e. The first-order valence-corrected chi connectivity index (χ1v) is 10.0. The number of fused-ring (bicyclic) bond motifs is 1. The van der Waals surface area contributed by atoms with Gasteiger partial charge in [-0.25, -0.2) is 9.67 Å². The van der Waals surface area contributed by atoms with Crippen molar-refractivity contribution in [2.24, 2.45) is 0 Å². The van der Waals surface area contributed by atoms with Crippen LogP contribution in [-0.4, -0.2) is 25.1 Å². The summed E-state index contributed by atoms with van der Waals surface area (Å²) in [6.45, 7) is 1.84. The first kappa shape index (κ1) is 18.3. The highest BCUT2D eigenvalue weighted by molar-refractivity contribution is 5.94. The first-order chi connectivity index (χ1) is 14.6. The summed E-state index contributed by atoms with van der Waals surface area (Å²) in [5, 5.41) is 7.34. The van der Waals surface area contributed by atoms with E-state index in [9.17, 15) is 9.59 Å². The van der Waals surface area contributed by atoms with Crippen LogP contribution in [0.3, 0.4) is 0 Å². The summed E-state index contributed by atoms with van der Waals surface area (Å²) in [5.41, 5.74) is 3.96. The van der Waals surface area contributed by atoms with Gasteiger partial charge in [0.25, 0.3) is 5.56 Å². The first-order valence-electron chi connectivity index (χ1n) is 10.0. The minimum absolute atomic E-state index is 0.146. The van der Waals surface area contributed by atoms with Crippen molar-refractivity contribution in [3.63, 3.8) is 0 Å². The molecule has 0 unspecified atom stereocenters. The van der Waals surface area contributed by atoms with Gasteiger partial charge in [0.1, 0.15) is 23.7 Å². The van der Waals surface area contributed by atoms with Gasteiger partial charge in [0.05, 0.1) is 5.69 Å². The van der Waals surface area contributed by atoms with Gasteiger partial charge < -0.3 is 5.32 Å². The molecule has 0 radical (unpaired) electrons. The molecule has 4 aromatic rings. The number of aryl methyl sites for hydroxylation is 1. The number of imidazole rings is 1. The fourth-order valence-corrected chi connectivity index (χ4v) is 3.60. The predicted octanol–water partition coefficient (Wildman–Crippen LogP) is 3.38. The average Bonchev–Trinajstić information content (AvgIpc) is 3.53. The summed E-state index contributed by atoms with van der Waals surface area (Å²) in [7, 11) is 0. The molecule has 0 aliphatic heterocycles. The monoisotopic (exact) mass is 399 g/mol. The van der Waals surface area contributed by atoms with E-state index >= 15 is 0 Å². The summed E-state index contributed by atoms with van der Waals surface area (Å²) >= 11 is 0. The molecule has 1 fully saturated rings. The number of pyridine rings is 1. The topological polar surface area (TPSA) is 81.3 Å². The van der Waals surface area contributed by atoms with Crippen molar-refractivity contribution in [2.45, 2.75) is 32.2 Å². The van der Waals surface area contributed by atoms with Crippen LogP contribution in [0, 0.1) is 6.92 Å². The van der Waals surface area contributed by atoms with Gasteiger partial charge in [-0.3, -0.25) is 14.0 Å². The van der Waals surface area contributed by atoms with Gasteiger partial charge in [0, 0.05) is 23.7 Å². The quantitative estimate of drug-likeness (QED) is 0.558. The van der Waals surface area contributed by atoms with E-state index < -0.39 is 0 Å². The minimum Gasteiger partial charge on any atom is -0.308 e. The number of nitrogens with zero attached hydrogens (tertiary/aromatic N) is 4. The molecule has 1 aromatic carbocycles. The SMILES string of the molecule is Cc1cccn2c(NC(=O)Cn3nc(C4CC4)ccc3=O)c(-c3ccccc3)nc12. The molecule has 0 saturated heterocycles. The van der Waals surface area contributed by atoms with Crippen LogP contribution < -0.4 is 10.9 Å². The molecule has 7 nitrogen and oxygen atoms in total. The van der Waals surface area contributed by atoms with Gasteiger partial charge in [-0.05, 0) is 37.5 Å². The third-order valence-electron chi connectivity index (χ3n) is 5.33. The van der Waals surface area contributed by atoms with E-state index in [0.29, 0.717) is 17.4 Å². The highest BCUT2D eigenvalue weighted by Crippen LogP contribution is 2.38. The van der Waals surface area contributed by atoms with E-state index in [4.69, 9.17) is 4.98 Å². The number of nitrogens with one attached hydrogen (secondary N) is 1. The van der Waals surface area contributed by atoms with Crippen LogP contribution >= 0.6 is 0 Å². The Labute approximate surface area is 173 Å². The van der Waals surface area contributed by atoms with Gasteiger partial charge in [0.15, 0.2) is 0 Å². The summed E-state index contributed by atoms with van der Waals surface area (Å²) < 4.78 is 3.10. The molecule has 5 rings (SSSR count). The fraction of sp³-hybridized carbons (Fsp3) is 0.217. The molecule has 3 heterocycles. The lowest BCUT2D eigenvalue weighted by atomic mass is 10.1. The maximum Gasteiger partial charge on any atom is 0.267 e. The fourth-order valence-electron chi connectivity index (χ4n) is 3.60. The molecule has 7 heteroatoms. The molecule has 150 valence electrons. The number of anilines is 1. The Morgan fingerprint density at radius 2 is 1.90 bits per heavy atom. The van der Waals surface area contributed by atoms with Gasteiger partial charge >= 0.3 is 0 Å². The van der Waals surface area contributed by atoms with Crippen molar-refractivity contribution >= 4 is 17.4 Å². The minimum atomic E-state index is -0.321. The molecule has 1 N–H and O–H groups in total. The Morgan fingerprint density at radius 3 is 2.67 bits per heavy atom. The van der Waals surface area contributed by atoms with Gasteiger partial charge in [0.2, 0.25) is 5.91 Å². The van der Waals surface area contributed by atoms with Crippen LogP contribution in [0.25, 0.3) is 16.9 Å². The van der Waals surface area contributed by atoms with Crippen LogP contribution in [0.5, 0.6) is 0 Å². The molecule has 30 heavy (non-hydrogen) atoms. The molecule has 1 saturated carbocycles. The Morgan fingerprint density at radius 1 is 1.10 bits per heavy atom. The van der Waals surface area contributed by atoms with E-state index in [1.165, 1.54) is 10.7 Å². The van der Waals surface area contributed by atoms with Crippen LogP contribution in [0.4, 0.5) is 5.82 Å². The molecule has 1 aliphatic carbocycles. The third-order valence-corrected chi connectivity index (χ3v) is 5.33. The Bertz CT molecular complexity index is 1300. The van der Waals surface area contributed by atoms with Crippen LogP contribution in [0.1, 0.15) is 30.0 Å². The molecule has 0 spiro atoms. The number of rotatable bonds is 5. The highest BCUT2D eigenvalue weighted by Gasteiger charge is 2.26. The Kier molecular flexibility index (Phi) is 4.43. The third kappa shape index (κ3) is 3.39. The average molecular weight is 399 g/mol. The molecule has 1 aliphatic rings. The second-order valence-corrected chi connectivity index (χ2v) is 7.64. The molecule has 0 atom stereocenters. The van der Waals surface area contributed by atoms with Gasteiger partial charge in [-0.1, -0.05) is 36.4 Å². The second-order valence-electron chi connectivity index (χ2n) is 7.64. The molecule has 0 bridgehead atoms. The number of aromatic nitrogens is 4. The standard InChI is InChI=1S/C23H21N5O2/c1-15-6-5-13-27-22(15)25-21(17-7-3-2-4-8-17)23(27)24-19(29)14-28-20(30)12-11-18(26-28)16-9-10-16/h2-8,11-13,16H,9-10,14H2,1H3,(H,24,29). The lowest BCUT2D eigenvalue weighted by Crippen LogP contribution is -2.30. The van der Waals surface area contributed by atoms with Crippen LogP contribution in [-0.2, 0) is 11.3 Å². The van der Waals surface area contributed by atoms with Crippen molar-refractivity contribution in [3.05, 3.63) is 82.4 Å². The smallest absolute Gasteiger partial charge is 0.267 e. The number of benzene rings is 1. The van der Waals surface area contributed by atoms with E-state index in [0.717, 1.165) is 35.3 Å². The summed E-state index contributed by atoms with van der Waals surface area (Å²) in [6.07, 6.45) is 4.04. The molecular formula is C23H21N5O2. The normalized spacial score (nSPS) is 13.5. The predicted molar refractivity (Wildman–Crippen MR) is 114 cm³/mol. The number of hydrogen-bond acceptors (Lipinski definition) is 4. The van der Waals surface area contributed by atoms with E-state index in [1.807, 2.05) is 60.0 Å². The van der Waals surface area contributed by atoms with E-state index in [-0.39, 0.29) is 18.0 Å². The number of hydrogen-bond donors (Lipinski definition) is 1. The van der Waals surface area contributed by atoms with Crippen molar-refractivity contribution in [1.29, 1.82) is 0 Å². The van der Waals surface area contributed by atoms with Crippen LogP contribution in [0.2, 0.25) is 0 Å². The zero-order valence-corrected chi connectivity index (χ0v) is 16.6. The maximum atomic E-state index is 12.9. The van der Waals surface area contributed by atoms with Crippen LogP contribution in [0.15, 0.2) is 65.6 Å². The number of amides is 1. The zero-order valence-electron chi connectivity index (χ0n) is 16.6. The number of carbonyl (C=O) groups excluding carboxylic acids is 1. The summed E-state index contributed by atoms with van der Waals surface area (Å²) in [6, 6.07) is 16.9. The van der Waals surface area contributed by atoms with E-state index in [1.54, 1.807) is 6.07 Å². The zero-order chi connectivity index (χ0) is 20.7. The van der Waals surface area contributed by atoms with Crippen molar-refractivity contribution in [2.75, 3.05) is 5.32 Å². The highest BCUT2D eigenvalue weighted by atomic mass is 16.2. The molecule has 1 amide bonds. The van der Waals surface area contributed by atoms with Crippen molar-refractivity contribution in [1.82, 2.24) is 19.2 Å². The van der Waals surface area contributed by atoms with Gasteiger partial charge in [-0.15, -0.1) is 0 Å². The summed E-state index contributed by atoms with van der Waals surface area (Å²) in [4.78, 5) is 29.9. The number of carbonyl (C=O) groups is 1. The van der Waals surface area contributed by atoms with Crippen molar-refractivity contribution in [3.8, 4) is 11.3 Å². The summed E-state index contributed by atoms with van der Waals surface area (Å²) in [5.74, 6) is 0.667. The maximum absolute atomic E-state index is 12.9. The lowest BCUT2D eigenvalue weighted by molar-refractivity contribution is -0.117. The van der Waals surface area contributed by atoms with Crippen molar-refractivity contribution < 1.29 is 4.79 Å². The lowest BCUT2D eigenvalue weighted by Gasteiger charge is -2.10.